The monoisotopic (exact) mass is 558 g/mol. The highest BCUT2D eigenvalue weighted by Gasteiger charge is 2.29. The second-order valence-electron chi connectivity index (χ2n) is 8.72. The summed E-state index contributed by atoms with van der Waals surface area (Å²) in [6.07, 6.45) is 4.51. The van der Waals surface area contributed by atoms with Crippen molar-refractivity contribution in [3.8, 4) is 28.8 Å². The molecule has 0 fully saturated rings. The van der Waals surface area contributed by atoms with E-state index < -0.39 is 15.3 Å². The van der Waals surface area contributed by atoms with Gasteiger partial charge in [-0.15, -0.1) is 10.2 Å². The van der Waals surface area contributed by atoms with Gasteiger partial charge >= 0.3 is 0 Å². The number of aromatic nitrogens is 7. The zero-order chi connectivity index (χ0) is 28.6. The topological polar surface area (TPSA) is 167 Å². The predicted octanol–water partition coefficient (Wildman–Crippen LogP) is 2.85. The van der Waals surface area contributed by atoms with Crippen LogP contribution in [0.15, 0.2) is 49.1 Å². The van der Waals surface area contributed by atoms with E-state index in [1.165, 1.54) is 25.1 Å². The average Bonchev–Trinajstić information content (AvgIpc) is 3.31. The molecule has 0 radical (unpaired) electrons. The van der Waals surface area contributed by atoms with Gasteiger partial charge < -0.3 is 14.6 Å². The third-order valence-corrected chi connectivity index (χ3v) is 6.82. The van der Waals surface area contributed by atoms with Crippen LogP contribution in [-0.4, -0.2) is 73.8 Å². The second-order valence-corrected chi connectivity index (χ2v) is 10.8. The highest BCUT2D eigenvalue weighted by Crippen LogP contribution is 2.35. The second kappa shape index (κ2) is 13.1. The molecule has 3 aromatic heterocycles. The highest BCUT2D eigenvalue weighted by atomic mass is 32.2. The van der Waals surface area contributed by atoms with Gasteiger partial charge in [-0.1, -0.05) is 30.3 Å². The molecule has 210 valence electrons. The van der Waals surface area contributed by atoms with Crippen molar-refractivity contribution in [3.63, 3.8) is 0 Å². The molecule has 0 bridgehead atoms. The van der Waals surface area contributed by atoms with Crippen LogP contribution in [0, 0.1) is 6.92 Å². The quantitative estimate of drug-likeness (QED) is 0.310. The lowest BCUT2D eigenvalue weighted by atomic mass is 10.2. The van der Waals surface area contributed by atoms with Gasteiger partial charge in [0.05, 0.1) is 19.5 Å². The van der Waals surface area contributed by atoms with Crippen LogP contribution in [-0.2, 0) is 16.4 Å². The molecule has 4 rings (SSSR count). The first kappa shape index (κ1) is 29.4. The minimum atomic E-state index is -3.94. The molecule has 3 heterocycles. The van der Waals surface area contributed by atoms with Gasteiger partial charge in [0.25, 0.3) is 0 Å². The van der Waals surface area contributed by atoms with Gasteiger partial charge in [0.15, 0.2) is 11.5 Å². The average molecular weight is 559 g/mol. The van der Waals surface area contributed by atoms with Crippen LogP contribution in [0.4, 0.5) is 5.95 Å². The molecule has 4 aromatic rings. The van der Waals surface area contributed by atoms with Gasteiger partial charge in [-0.3, -0.25) is 9.29 Å². The summed E-state index contributed by atoms with van der Waals surface area (Å²) in [6, 6.07) is 9.16. The molecule has 0 aliphatic rings. The molecule has 14 heteroatoms. The van der Waals surface area contributed by atoms with Crippen LogP contribution in [0.25, 0.3) is 17.1 Å². The molecule has 0 saturated heterocycles. The Kier molecular flexibility index (Phi) is 9.84. The Balaban J connectivity index is 0.00000105. The molecule has 1 atom stereocenters. The Morgan fingerprint density at radius 2 is 1.54 bits per heavy atom. The van der Waals surface area contributed by atoms with Gasteiger partial charge in [-0.25, -0.2) is 18.4 Å². The number of ether oxygens (including phenoxy) is 2. The number of sulfonamides is 1. The van der Waals surface area contributed by atoms with E-state index in [1.54, 1.807) is 33.2 Å². The summed E-state index contributed by atoms with van der Waals surface area (Å²) in [5.74, 6) is 0.974. The molecule has 0 unspecified atom stereocenters. The van der Waals surface area contributed by atoms with Gasteiger partial charge in [-0.05, 0) is 33.3 Å². The van der Waals surface area contributed by atoms with Crippen molar-refractivity contribution < 1.29 is 24.4 Å². The van der Waals surface area contributed by atoms with E-state index >= 15 is 0 Å². The smallest absolute Gasteiger partial charge is 0.245 e. The maximum absolute atomic E-state index is 13.3. The number of nitrogens with one attached hydrogen (secondary N) is 1. The minimum absolute atomic E-state index is 0. The number of hydrogen-bond acceptors (Lipinski definition) is 11. The zero-order valence-electron chi connectivity index (χ0n) is 22.6. The first-order valence-electron chi connectivity index (χ1n) is 12.0. The number of rotatable bonds is 9. The van der Waals surface area contributed by atoms with Gasteiger partial charge in [-0.2, -0.15) is 9.97 Å². The van der Waals surface area contributed by atoms with Crippen molar-refractivity contribution >= 4 is 16.0 Å². The zero-order valence-corrected chi connectivity index (χ0v) is 23.4. The summed E-state index contributed by atoms with van der Waals surface area (Å²) in [7, 11) is -1.06. The molecule has 0 spiro atoms. The molecule has 0 saturated carbocycles. The molecule has 0 amide bonds. The Bertz CT molecular complexity index is 1440. The van der Waals surface area contributed by atoms with E-state index in [4.69, 9.17) is 14.6 Å². The standard InChI is InChI=1S/C22H24N8O4S.C3H8O.H2/c1-14-11-23-17(24-12-14)10-15(2)35(31,32)29-22-28-27-19(16-8-6-5-7-9-16)30(22)18-20(33-3)25-13-26-21(18)34-4;1-3(2)4;/h5-9,11-13,15H,10H2,1-4H3,(H,28,29);3-4H,1-2H3;1H/t15-;;/m0../s1. The minimum Gasteiger partial charge on any atom is -0.479 e. The summed E-state index contributed by atoms with van der Waals surface area (Å²) in [5, 5.41) is 15.6. The third kappa shape index (κ3) is 7.45. The van der Waals surface area contributed by atoms with E-state index in [0.29, 0.717) is 17.2 Å². The Labute approximate surface area is 228 Å². The highest BCUT2D eigenvalue weighted by molar-refractivity contribution is 7.93. The first-order chi connectivity index (χ1) is 18.6. The van der Waals surface area contributed by atoms with Crippen molar-refractivity contribution in [1.82, 2.24) is 34.7 Å². The predicted molar refractivity (Wildman–Crippen MR) is 147 cm³/mol. The summed E-state index contributed by atoms with van der Waals surface area (Å²) in [6.45, 7) is 6.87. The fourth-order valence-corrected chi connectivity index (χ4v) is 4.25. The summed E-state index contributed by atoms with van der Waals surface area (Å²) < 4.78 is 41.4. The lowest BCUT2D eigenvalue weighted by Crippen LogP contribution is -2.29. The van der Waals surface area contributed by atoms with Crippen molar-refractivity contribution in [3.05, 3.63) is 60.4 Å². The molecule has 13 nitrogen and oxygen atoms in total. The summed E-state index contributed by atoms with van der Waals surface area (Å²) in [4.78, 5) is 16.7. The van der Waals surface area contributed by atoms with Crippen LogP contribution in [0.2, 0.25) is 0 Å². The van der Waals surface area contributed by atoms with Gasteiger partial charge in [0, 0.05) is 31.9 Å². The van der Waals surface area contributed by atoms with E-state index in [-0.39, 0.29) is 37.3 Å². The van der Waals surface area contributed by atoms with E-state index in [0.717, 1.165) is 5.56 Å². The van der Waals surface area contributed by atoms with Crippen molar-refractivity contribution in [2.45, 2.75) is 45.5 Å². The van der Waals surface area contributed by atoms with Gasteiger partial charge in [0.2, 0.25) is 27.7 Å². The van der Waals surface area contributed by atoms with E-state index in [1.807, 2.05) is 37.3 Å². The summed E-state index contributed by atoms with van der Waals surface area (Å²) in [5.41, 5.74) is 1.81. The number of methoxy groups -OCH3 is 2. The number of nitrogens with zero attached hydrogens (tertiary/aromatic N) is 7. The van der Waals surface area contributed by atoms with E-state index in [9.17, 15) is 8.42 Å². The third-order valence-electron chi connectivity index (χ3n) is 5.13. The molecular formula is C25H34N8O5S. The lowest BCUT2D eigenvalue weighted by molar-refractivity contribution is 0.216. The Morgan fingerprint density at radius 1 is 0.974 bits per heavy atom. The SMILES string of the molecule is CC(C)O.COc1ncnc(OC)c1-n1c(NS(=O)(=O)[C@@H](C)Cc2ncc(C)cn2)nnc1-c1ccccc1.[HH]. The number of aryl methyl sites for hydroxylation is 1. The largest absolute Gasteiger partial charge is 0.479 e. The molecule has 2 N–H and O–H groups in total. The lowest BCUT2D eigenvalue weighted by Gasteiger charge is -2.17. The number of aliphatic hydroxyl groups is 1. The number of aliphatic hydroxyl groups excluding tert-OH is 1. The van der Waals surface area contributed by atoms with Crippen LogP contribution in [0.3, 0.4) is 0 Å². The van der Waals surface area contributed by atoms with Crippen LogP contribution in [0.5, 0.6) is 11.8 Å². The van der Waals surface area contributed by atoms with Crippen molar-refractivity contribution in [2.75, 3.05) is 18.9 Å². The number of benzene rings is 1. The molecule has 1 aromatic carbocycles. The van der Waals surface area contributed by atoms with Crippen LogP contribution < -0.4 is 14.2 Å². The van der Waals surface area contributed by atoms with Crippen molar-refractivity contribution in [2.24, 2.45) is 0 Å². The molecule has 39 heavy (non-hydrogen) atoms. The fraction of sp³-hybridized carbons (Fsp3) is 0.360. The number of hydrogen-bond donors (Lipinski definition) is 2. The Morgan fingerprint density at radius 3 is 2.08 bits per heavy atom. The molecule has 0 aliphatic heterocycles. The molecular weight excluding hydrogens is 524 g/mol. The maximum atomic E-state index is 13.3. The van der Waals surface area contributed by atoms with E-state index in [2.05, 4.69) is 34.9 Å². The summed E-state index contributed by atoms with van der Waals surface area (Å²) >= 11 is 0. The number of anilines is 1. The maximum Gasteiger partial charge on any atom is 0.245 e. The van der Waals surface area contributed by atoms with Gasteiger partial charge in [0.1, 0.15) is 12.2 Å². The normalized spacial score (nSPS) is 11.9. The van der Waals surface area contributed by atoms with Crippen molar-refractivity contribution in [1.29, 1.82) is 0 Å². The first-order valence-corrected chi connectivity index (χ1v) is 13.5. The fourth-order valence-electron chi connectivity index (χ4n) is 3.29. The Hall–Kier alpha value is -4.17. The van der Waals surface area contributed by atoms with Crippen LogP contribution >= 0.6 is 0 Å². The van der Waals surface area contributed by atoms with Crippen LogP contribution in [0.1, 0.15) is 33.6 Å². The molecule has 0 aliphatic carbocycles.